The quantitative estimate of drug-likeness (QED) is 0.708. The molecule has 176 valence electrons. The molecule has 1 aliphatic carbocycles. The Kier molecular flexibility index (Phi) is 7.46. The van der Waals surface area contributed by atoms with E-state index in [-0.39, 0.29) is 29.6 Å². The number of carbonyl (C=O) groups excluding carboxylic acids is 2. The summed E-state index contributed by atoms with van der Waals surface area (Å²) in [5.41, 5.74) is 2.83. The molecule has 2 heterocycles. The van der Waals surface area contributed by atoms with Crippen molar-refractivity contribution in [2.45, 2.75) is 65.1 Å². The number of piperazine rings is 1. The lowest BCUT2D eigenvalue weighted by atomic mass is 10.00. The molecule has 2 N–H and O–H groups in total. The largest absolute Gasteiger partial charge is 0.352 e. The summed E-state index contributed by atoms with van der Waals surface area (Å²) in [4.78, 5) is 29.6. The monoisotopic (exact) mass is 444 g/mol. The van der Waals surface area contributed by atoms with Crippen molar-refractivity contribution in [1.29, 1.82) is 0 Å². The van der Waals surface area contributed by atoms with Crippen LogP contribution in [-0.2, 0) is 22.7 Å². The number of hydrogen-bond acceptors (Lipinski definition) is 4. The second-order valence-electron chi connectivity index (χ2n) is 9.85. The second kappa shape index (κ2) is 10.3. The molecule has 2 atom stereocenters. The molecule has 6 nitrogen and oxygen atoms in total. The molecule has 1 aromatic rings. The van der Waals surface area contributed by atoms with Gasteiger partial charge in [-0.1, -0.05) is 12.8 Å². The SMILES string of the molecule is Cc1c(CNC(=O)[C@H]2CCNC2)cc(F)cc1CN1CCN(C(=O)C2CCCC2)[C@@H](C)C1. The molecule has 32 heavy (non-hydrogen) atoms. The van der Waals surface area contributed by atoms with Crippen molar-refractivity contribution in [3.05, 3.63) is 34.6 Å². The molecule has 2 saturated heterocycles. The first-order chi connectivity index (χ1) is 15.4. The molecule has 3 fully saturated rings. The van der Waals surface area contributed by atoms with E-state index < -0.39 is 0 Å². The Morgan fingerprint density at radius 1 is 1.12 bits per heavy atom. The van der Waals surface area contributed by atoms with Crippen molar-refractivity contribution in [3.63, 3.8) is 0 Å². The average molecular weight is 445 g/mol. The number of rotatable bonds is 6. The molecule has 1 saturated carbocycles. The molecule has 2 aliphatic heterocycles. The number of amides is 2. The first-order valence-corrected chi connectivity index (χ1v) is 12.2. The molecule has 7 heteroatoms. The molecule has 0 spiro atoms. The zero-order chi connectivity index (χ0) is 22.7. The molecule has 0 radical (unpaired) electrons. The van der Waals surface area contributed by atoms with E-state index in [9.17, 15) is 14.0 Å². The summed E-state index contributed by atoms with van der Waals surface area (Å²) in [7, 11) is 0. The van der Waals surface area contributed by atoms with Gasteiger partial charge in [0.2, 0.25) is 11.8 Å². The van der Waals surface area contributed by atoms with Crippen molar-refractivity contribution in [2.24, 2.45) is 11.8 Å². The lowest BCUT2D eigenvalue weighted by Gasteiger charge is -2.41. The van der Waals surface area contributed by atoms with Crippen LogP contribution in [0.15, 0.2) is 12.1 Å². The molecule has 0 aromatic heterocycles. The van der Waals surface area contributed by atoms with E-state index in [0.29, 0.717) is 25.5 Å². The summed E-state index contributed by atoms with van der Waals surface area (Å²) in [5, 5.41) is 6.19. The maximum absolute atomic E-state index is 14.4. The molecule has 0 bridgehead atoms. The van der Waals surface area contributed by atoms with Crippen LogP contribution in [0, 0.1) is 24.6 Å². The van der Waals surface area contributed by atoms with Gasteiger partial charge < -0.3 is 15.5 Å². The summed E-state index contributed by atoms with van der Waals surface area (Å²) in [6.07, 6.45) is 5.26. The molecule has 3 aliphatic rings. The smallest absolute Gasteiger partial charge is 0.226 e. The Hall–Kier alpha value is -1.99. The van der Waals surface area contributed by atoms with Crippen LogP contribution in [0.3, 0.4) is 0 Å². The lowest BCUT2D eigenvalue weighted by Crippen LogP contribution is -2.54. The summed E-state index contributed by atoms with van der Waals surface area (Å²) in [6.45, 7) is 9.08. The number of nitrogens with zero attached hydrogens (tertiary/aromatic N) is 2. The van der Waals surface area contributed by atoms with E-state index in [1.807, 2.05) is 6.92 Å². The van der Waals surface area contributed by atoms with Gasteiger partial charge in [0, 0.05) is 51.2 Å². The standard InChI is InChI=1S/C25H37FN4O2/c1-17-15-29(9-10-30(17)25(32)19-5-3-4-6-19)16-22-12-23(26)11-21(18(22)2)14-28-24(31)20-7-8-27-13-20/h11-12,17,19-20,27H,3-10,13-16H2,1-2H3,(H,28,31)/t17-,20-/m0/s1. The molecule has 0 unspecified atom stereocenters. The van der Waals surface area contributed by atoms with Crippen LogP contribution in [0.2, 0.25) is 0 Å². The highest BCUT2D eigenvalue weighted by molar-refractivity contribution is 5.80. The van der Waals surface area contributed by atoms with Crippen molar-refractivity contribution in [1.82, 2.24) is 20.4 Å². The highest BCUT2D eigenvalue weighted by Crippen LogP contribution is 2.28. The fourth-order valence-corrected chi connectivity index (χ4v) is 5.50. The maximum atomic E-state index is 14.4. The van der Waals surface area contributed by atoms with Crippen LogP contribution in [0.5, 0.6) is 0 Å². The number of halogens is 1. The third-order valence-corrected chi connectivity index (χ3v) is 7.56. The minimum Gasteiger partial charge on any atom is -0.352 e. The zero-order valence-corrected chi connectivity index (χ0v) is 19.5. The van der Waals surface area contributed by atoms with Gasteiger partial charge >= 0.3 is 0 Å². The predicted octanol–water partition coefficient (Wildman–Crippen LogP) is 2.58. The highest BCUT2D eigenvalue weighted by atomic mass is 19.1. The Bertz CT molecular complexity index is 833. The van der Waals surface area contributed by atoms with Crippen LogP contribution in [0.25, 0.3) is 0 Å². The fourth-order valence-electron chi connectivity index (χ4n) is 5.50. The molecule has 4 rings (SSSR count). The average Bonchev–Trinajstić information content (AvgIpc) is 3.49. The van der Waals surface area contributed by atoms with Crippen molar-refractivity contribution >= 4 is 11.8 Å². The lowest BCUT2D eigenvalue weighted by molar-refractivity contribution is -0.140. The van der Waals surface area contributed by atoms with Gasteiger partial charge in [-0.25, -0.2) is 4.39 Å². The van der Waals surface area contributed by atoms with Crippen LogP contribution in [0.1, 0.15) is 55.7 Å². The number of hydrogen-bond donors (Lipinski definition) is 2. The molecular weight excluding hydrogens is 407 g/mol. The van der Waals surface area contributed by atoms with E-state index in [4.69, 9.17) is 0 Å². The van der Waals surface area contributed by atoms with Gasteiger partial charge in [-0.05, 0) is 68.5 Å². The van der Waals surface area contributed by atoms with Crippen LogP contribution in [0.4, 0.5) is 4.39 Å². The van der Waals surface area contributed by atoms with E-state index >= 15 is 0 Å². The summed E-state index contributed by atoms with van der Waals surface area (Å²) < 4.78 is 14.4. The summed E-state index contributed by atoms with van der Waals surface area (Å²) >= 11 is 0. The Balaban J connectivity index is 1.35. The minimum absolute atomic E-state index is 0.00747. The van der Waals surface area contributed by atoms with Crippen LogP contribution in [-0.4, -0.2) is 60.4 Å². The third-order valence-electron chi connectivity index (χ3n) is 7.56. The van der Waals surface area contributed by atoms with Gasteiger partial charge in [0.15, 0.2) is 0 Å². The van der Waals surface area contributed by atoms with Gasteiger partial charge in [-0.2, -0.15) is 0 Å². The summed E-state index contributed by atoms with van der Waals surface area (Å²) in [6, 6.07) is 3.32. The normalized spacial score (nSPS) is 24.8. The first kappa shape index (κ1) is 23.2. The molecule has 1 aromatic carbocycles. The van der Waals surface area contributed by atoms with Gasteiger partial charge in [-0.15, -0.1) is 0 Å². The van der Waals surface area contributed by atoms with Crippen molar-refractivity contribution in [3.8, 4) is 0 Å². The van der Waals surface area contributed by atoms with Gasteiger partial charge in [0.1, 0.15) is 5.82 Å². The number of benzene rings is 1. The zero-order valence-electron chi connectivity index (χ0n) is 19.5. The number of nitrogens with one attached hydrogen (secondary N) is 2. The Morgan fingerprint density at radius 2 is 1.88 bits per heavy atom. The third kappa shape index (κ3) is 5.31. The van der Waals surface area contributed by atoms with Gasteiger partial charge in [0.25, 0.3) is 0 Å². The van der Waals surface area contributed by atoms with Crippen molar-refractivity contribution < 1.29 is 14.0 Å². The Morgan fingerprint density at radius 3 is 2.56 bits per heavy atom. The van der Waals surface area contributed by atoms with Gasteiger partial charge in [0.05, 0.1) is 5.92 Å². The maximum Gasteiger partial charge on any atom is 0.226 e. The van der Waals surface area contributed by atoms with Gasteiger partial charge in [-0.3, -0.25) is 14.5 Å². The first-order valence-electron chi connectivity index (χ1n) is 12.2. The molecule has 2 amide bonds. The highest BCUT2D eigenvalue weighted by Gasteiger charge is 2.33. The molecular formula is C25H37FN4O2. The summed E-state index contributed by atoms with van der Waals surface area (Å²) in [5.74, 6) is 0.324. The van der Waals surface area contributed by atoms with Crippen molar-refractivity contribution in [2.75, 3.05) is 32.7 Å². The van der Waals surface area contributed by atoms with E-state index in [1.54, 1.807) is 6.07 Å². The second-order valence-corrected chi connectivity index (χ2v) is 9.85. The Labute approximate surface area is 190 Å². The van der Waals surface area contributed by atoms with Crippen LogP contribution < -0.4 is 10.6 Å². The fraction of sp³-hybridized carbons (Fsp3) is 0.680. The van der Waals surface area contributed by atoms with E-state index in [2.05, 4.69) is 27.4 Å². The predicted molar refractivity (Wildman–Crippen MR) is 122 cm³/mol. The van der Waals surface area contributed by atoms with E-state index in [0.717, 1.165) is 62.1 Å². The van der Waals surface area contributed by atoms with Crippen LogP contribution >= 0.6 is 0 Å². The number of carbonyl (C=O) groups is 2. The van der Waals surface area contributed by atoms with E-state index in [1.165, 1.54) is 18.9 Å². The minimum atomic E-state index is -0.263. The topological polar surface area (TPSA) is 64.7 Å².